The number of carbonyl (C=O) groups excluding carboxylic acids is 2. The highest BCUT2D eigenvalue weighted by molar-refractivity contribution is 5.94. The minimum absolute atomic E-state index is 0.0490. The van der Waals surface area contributed by atoms with E-state index in [4.69, 9.17) is 5.73 Å². The van der Waals surface area contributed by atoms with Gasteiger partial charge in [-0.2, -0.15) is 0 Å². The summed E-state index contributed by atoms with van der Waals surface area (Å²) in [4.78, 5) is 24.8. The minimum atomic E-state index is -0.468. The second-order valence-electron chi connectivity index (χ2n) is 5.29. The van der Waals surface area contributed by atoms with Crippen molar-refractivity contribution in [3.63, 3.8) is 0 Å². The van der Waals surface area contributed by atoms with Crippen LogP contribution in [-0.2, 0) is 4.79 Å². The van der Waals surface area contributed by atoms with Crippen LogP contribution in [0.15, 0.2) is 30.3 Å². The van der Waals surface area contributed by atoms with Crippen molar-refractivity contribution in [2.75, 3.05) is 19.7 Å². The van der Waals surface area contributed by atoms with Gasteiger partial charge < -0.3 is 15.7 Å². The first-order valence-electron chi connectivity index (χ1n) is 7.08. The molecule has 1 fully saturated rings. The SMILES string of the molecule is NC(=O)c1ccc(/C=C/C(=O)N2CCCC(CO)C2)cc1. The zero-order valence-corrected chi connectivity index (χ0v) is 11.9. The monoisotopic (exact) mass is 288 g/mol. The van der Waals surface area contributed by atoms with Crippen molar-refractivity contribution in [1.29, 1.82) is 0 Å². The molecule has 5 heteroatoms. The molecule has 21 heavy (non-hydrogen) atoms. The maximum Gasteiger partial charge on any atom is 0.248 e. The van der Waals surface area contributed by atoms with Crippen molar-refractivity contribution in [1.82, 2.24) is 4.90 Å². The molecule has 1 unspecified atom stereocenters. The van der Waals surface area contributed by atoms with Crippen molar-refractivity contribution in [3.05, 3.63) is 41.5 Å². The molecule has 0 saturated carbocycles. The van der Waals surface area contributed by atoms with Gasteiger partial charge in [0.05, 0.1) is 0 Å². The zero-order valence-electron chi connectivity index (χ0n) is 11.9. The molecular formula is C16H20N2O3. The van der Waals surface area contributed by atoms with E-state index in [2.05, 4.69) is 0 Å². The van der Waals surface area contributed by atoms with Crippen molar-refractivity contribution in [2.24, 2.45) is 11.7 Å². The van der Waals surface area contributed by atoms with Gasteiger partial charge >= 0.3 is 0 Å². The van der Waals surface area contributed by atoms with E-state index in [9.17, 15) is 14.7 Å². The Labute approximate surface area is 124 Å². The van der Waals surface area contributed by atoms with E-state index in [1.807, 2.05) is 0 Å². The van der Waals surface area contributed by atoms with Gasteiger partial charge in [-0.15, -0.1) is 0 Å². The lowest BCUT2D eigenvalue weighted by molar-refractivity contribution is -0.127. The molecule has 1 aliphatic heterocycles. The van der Waals surface area contributed by atoms with Crippen LogP contribution in [0.1, 0.15) is 28.8 Å². The molecule has 1 heterocycles. The predicted molar refractivity (Wildman–Crippen MR) is 80.4 cm³/mol. The maximum atomic E-state index is 12.1. The second kappa shape index (κ2) is 7.04. The summed E-state index contributed by atoms with van der Waals surface area (Å²) in [5, 5.41) is 9.18. The first kappa shape index (κ1) is 15.3. The molecule has 0 aromatic heterocycles. The Morgan fingerprint density at radius 2 is 2.05 bits per heavy atom. The fraction of sp³-hybridized carbons (Fsp3) is 0.375. The largest absolute Gasteiger partial charge is 0.396 e. The molecule has 0 spiro atoms. The number of aliphatic hydroxyl groups is 1. The fourth-order valence-electron chi connectivity index (χ4n) is 2.45. The Morgan fingerprint density at radius 3 is 2.67 bits per heavy atom. The number of benzene rings is 1. The van der Waals surface area contributed by atoms with Crippen LogP contribution in [0.25, 0.3) is 6.08 Å². The number of rotatable bonds is 4. The van der Waals surface area contributed by atoms with Crippen LogP contribution in [0.4, 0.5) is 0 Å². The van der Waals surface area contributed by atoms with Crippen LogP contribution in [0.3, 0.4) is 0 Å². The average Bonchev–Trinajstić information content (AvgIpc) is 2.53. The molecule has 1 saturated heterocycles. The number of carbonyl (C=O) groups is 2. The molecular weight excluding hydrogens is 268 g/mol. The molecule has 2 rings (SSSR count). The lowest BCUT2D eigenvalue weighted by Gasteiger charge is -2.31. The average molecular weight is 288 g/mol. The molecule has 0 radical (unpaired) electrons. The molecule has 1 aliphatic rings. The Balaban J connectivity index is 1.96. The number of likely N-dealkylation sites (tertiary alicyclic amines) is 1. The standard InChI is InChI=1S/C16H20N2O3/c17-16(21)14-6-3-12(4-7-14)5-8-15(20)18-9-1-2-13(10-18)11-19/h3-8,13,19H,1-2,9-11H2,(H2,17,21)/b8-5+. The van der Waals surface area contributed by atoms with Gasteiger partial charge in [-0.05, 0) is 42.5 Å². The van der Waals surface area contributed by atoms with E-state index in [1.54, 1.807) is 35.2 Å². The summed E-state index contributed by atoms with van der Waals surface area (Å²) in [6.45, 7) is 1.47. The summed E-state index contributed by atoms with van der Waals surface area (Å²) in [6, 6.07) is 6.76. The van der Waals surface area contributed by atoms with Crippen LogP contribution in [0, 0.1) is 5.92 Å². The fourth-order valence-corrected chi connectivity index (χ4v) is 2.45. The van der Waals surface area contributed by atoms with Crippen LogP contribution >= 0.6 is 0 Å². The number of hydrogen-bond donors (Lipinski definition) is 2. The number of nitrogens with two attached hydrogens (primary N) is 1. The van der Waals surface area contributed by atoms with E-state index in [0.717, 1.165) is 24.9 Å². The van der Waals surface area contributed by atoms with Gasteiger partial charge in [0.25, 0.3) is 0 Å². The molecule has 0 bridgehead atoms. The molecule has 1 aromatic rings. The highest BCUT2D eigenvalue weighted by atomic mass is 16.3. The van der Waals surface area contributed by atoms with Crippen LogP contribution in [0.5, 0.6) is 0 Å². The van der Waals surface area contributed by atoms with Crippen LogP contribution in [0.2, 0.25) is 0 Å². The summed E-state index contributed by atoms with van der Waals surface area (Å²) in [5.74, 6) is -0.331. The predicted octanol–water partition coefficient (Wildman–Crippen LogP) is 1.03. The number of primary amides is 1. The molecule has 112 valence electrons. The summed E-state index contributed by atoms with van der Waals surface area (Å²) < 4.78 is 0. The quantitative estimate of drug-likeness (QED) is 0.812. The molecule has 2 amide bonds. The number of nitrogens with zero attached hydrogens (tertiary/aromatic N) is 1. The Morgan fingerprint density at radius 1 is 1.33 bits per heavy atom. The van der Waals surface area contributed by atoms with Gasteiger partial charge in [-0.25, -0.2) is 0 Å². The lowest BCUT2D eigenvalue weighted by Crippen LogP contribution is -2.40. The summed E-state index contributed by atoms with van der Waals surface area (Å²) in [6.07, 6.45) is 5.14. The summed E-state index contributed by atoms with van der Waals surface area (Å²) >= 11 is 0. The molecule has 0 aliphatic carbocycles. The smallest absolute Gasteiger partial charge is 0.248 e. The number of hydrogen-bond acceptors (Lipinski definition) is 3. The highest BCUT2D eigenvalue weighted by Gasteiger charge is 2.21. The minimum Gasteiger partial charge on any atom is -0.396 e. The summed E-state index contributed by atoms with van der Waals surface area (Å²) in [7, 11) is 0. The van der Waals surface area contributed by atoms with Crippen molar-refractivity contribution < 1.29 is 14.7 Å². The maximum absolute atomic E-state index is 12.1. The highest BCUT2D eigenvalue weighted by Crippen LogP contribution is 2.16. The van der Waals surface area contributed by atoms with Gasteiger partial charge in [0.1, 0.15) is 0 Å². The zero-order chi connectivity index (χ0) is 15.2. The Kier molecular flexibility index (Phi) is 5.11. The van der Waals surface area contributed by atoms with Crippen LogP contribution < -0.4 is 5.73 Å². The first-order valence-corrected chi connectivity index (χ1v) is 7.08. The van der Waals surface area contributed by atoms with E-state index < -0.39 is 5.91 Å². The third-order valence-electron chi connectivity index (χ3n) is 3.70. The Bertz CT molecular complexity index is 537. The first-order chi connectivity index (χ1) is 10.1. The normalized spacial score (nSPS) is 18.9. The van der Waals surface area contributed by atoms with Crippen molar-refractivity contribution in [3.8, 4) is 0 Å². The molecule has 1 aromatic carbocycles. The van der Waals surface area contributed by atoms with Gasteiger partial charge in [0.2, 0.25) is 11.8 Å². The topological polar surface area (TPSA) is 83.6 Å². The number of amides is 2. The van der Waals surface area contributed by atoms with Gasteiger partial charge in [0.15, 0.2) is 0 Å². The van der Waals surface area contributed by atoms with Gasteiger partial charge in [0, 0.05) is 31.3 Å². The third-order valence-corrected chi connectivity index (χ3v) is 3.70. The second-order valence-corrected chi connectivity index (χ2v) is 5.29. The van der Waals surface area contributed by atoms with E-state index in [0.29, 0.717) is 12.1 Å². The summed E-state index contributed by atoms with van der Waals surface area (Å²) in [5.41, 5.74) is 6.45. The molecule has 3 N–H and O–H groups in total. The van der Waals surface area contributed by atoms with Crippen molar-refractivity contribution >= 4 is 17.9 Å². The van der Waals surface area contributed by atoms with E-state index in [-0.39, 0.29) is 18.4 Å². The number of aliphatic hydroxyl groups excluding tert-OH is 1. The van der Waals surface area contributed by atoms with Crippen molar-refractivity contribution in [2.45, 2.75) is 12.8 Å². The Hall–Kier alpha value is -2.14. The molecule has 5 nitrogen and oxygen atoms in total. The van der Waals surface area contributed by atoms with Gasteiger partial charge in [-0.3, -0.25) is 9.59 Å². The van der Waals surface area contributed by atoms with E-state index >= 15 is 0 Å². The number of piperidine rings is 1. The van der Waals surface area contributed by atoms with E-state index in [1.165, 1.54) is 6.08 Å². The molecule has 1 atom stereocenters. The third kappa shape index (κ3) is 4.16. The lowest BCUT2D eigenvalue weighted by atomic mass is 9.99. The van der Waals surface area contributed by atoms with Gasteiger partial charge in [-0.1, -0.05) is 12.1 Å². The van der Waals surface area contributed by atoms with Crippen LogP contribution in [-0.4, -0.2) is 41.5 Å².